The topological polar surface area (TPSA) is 94.8 Å². The van der Waals surface area contributed by atoms with Crippen molar-refractivity contribution >= 4 is 25.8 Å². The Bertz CT molecular complexity index is 983. The summed E-state index contributed by atoms with van der Waals surface area (Å²) in [6.07, 6.45) is 3.15. The van der Waals surface area contributed by atoms with Crippen molar-refractivity contribution in [2.75, 3.05) is 25.3 Å². The highest BCUT2D eigenvalue weighted by molar-refractivity contribution is 6.76. The first-order valence-corrected chi connectivity index (χ1v) is 13.9. The molecule has 1 amide bonds. The third-order valence-corrected chi connectivity index (χ3v) is 7.52. The lowest BCUT2D eigenvalue weighted by Crippen LogP contribution is -2.45. The largest absolute Gasteiger partial charge is 0.462 e. The summed E-state index contributed by atoms with van der Waals surface area (Å²) < 4.78 is 16.2. The van der Waals surface area contributed by atoms with Gasteiger partial charge in [-0.05, 0) is 18.5 Å². The second-order valence-corrected chi connectivity index (χ2v) is 14.7. The monoisotopic (exact) mass is 429 g/mol. The van der Waals surface area contributed by atoms with Gasteiger partial charge in [0.05, 0.1) is 18.2 Å². The van der Waals surface area contributed by atoms with Gasteiger partial charge in [-0.1, -0.05) is 25.7 Å². The predicted molar refractivity (Wildman–Crippen MR) is 112 cm³/mol. The molecule has 0 aromatic carbocycles. The van der Waals surface area contributed by atoms with Crippen LogP contribution < -0.4 is 4.90 Å². The smallest absolute Gasteiger partial charge is 0.394 e. The maximum Gasteiger partial charge on any atom is 0.394 e. The summed E-state index contributed by atoms with van der Waals surface area (Å²) in [5.74, 6) is 0.579. The minimum absolute atomic E-state index is 0.0301. The molecule has 8 nitrogen and oxygen atoms in total. The fraction of sp³-hybridized carbons (Fsp3) is 0.524. The Hall–Kier alpha value is -2.52. The predicted octanol–water partition coefficient (Wildman–Crippen LogP) is 2.94. The van der Waals surface area contributed by atoms with Gasteiger partial charge in [-0.3, -0.25) is 9.69 Å². The fourth-order valence-corrected chi connectivity index (χ4v) is 4.87. The first-order chi connectivity index (χ1) is 14.2. The van der Waals surface area contributed by atoms with Gasteiger partial charge in [-0.25, -0.2) is 14.8 Å². The number of fused-ring (bicyclic) bond motifs is 3. The van der Waals surface area contributed by atoms with E-state index in [1.54, 1.807) is 11.1 Å². The van der Waals surface area contributed by atoms with E-state index in [0.717, 1.165) is 11.6 Å². The maximum atomic E-state index is 13.6. The standard InChI is InChI=1S/C21H27N3O5Si/c1-27-19(25)18-23-15-12-21(8-7-16(15)29-18)14-6-5-9-22-17(14)24(20(21)26)13-28-10-11-30(2,3)4/h5-6,9H,7-8,10-13H2,1-4H3. The van der Waals surface area contributed by atoms with Gasteiger partial charge in [0, 0.05) is 39.3 Å². The van der Waals surface area contributed by atoms with Gasteiger partial charge >= 0.3 is 11.9 Å². The van der Waals surface area contributed by atoms with Crippen LogP contribution in [0.25, 0.3) is 0 Å². The molecule has 1 aliphatic carbocycles. The number of esters is 1. The Kier molecular flexibility index (Phi) is 5.27. The summed E-state index contributed by atoms with van der Waals surface area (Å²) in [7, 11) is 0.0753. The Morgan fingerprint density at radius 2 is 2.17 bits per heavy atom. The van der Waals surface area contributed by atoms with Crippen LogP contribution in [-0.2, 0) is 32.5 Å². The van der Waals surface area contributed by atoms with E-state index in [0.29, 0.717) is 43.1 Å². The van der Waals surface area contributed by atoms with Crippen LogP contribution in [0.3, 0.4) is 0 Å². The SMILES string of the molecule is COC(=O)c1nc2c(o1)CCC1(C2)C(=O)N(COCC[Si](C)(C)C)c2ncccc21. The number of oxazole rings is 1. The summed E-state index contributed by atoms with van der Waals surface area (Å²) >= 11 is 0. The van der Waals surface area contributed by atoms with Gasteiger partial charge in [-0.15, -0.1) is 0 Å². The summed E-state index contributed by atoms with van der Waals surface area (Å²) in [5, 5.41) is 0. The van der Waals surface area contributed by atoms with Crippen molar-refractivity contribution in [3.8, 4) is 0 Å². The Morgan fingerprint density at radius 3 is 2.90 bits per heavy atom. The van der Waals surface area contributed by atoms with E-state index in [4.69, 9.17) is 13.9 Å². The van der Waals surface area contributed by atoms with Crippen LogP contribution in [0, 0.1) is 0 Å². The first kappa shape index (κ1) is 20.7. The molecule has 0 fully saturated rings. The molecular formula is C21H27N3O5Si. The number of nitrogens with zero attached hydrogens (tertiary/aromatic N) is 3. The highest BCUT2D eigenvalue weighted by atomic mass is 28.3. The number of hydrogen-bond donors (Lipinski definition) is 0. The zero-order chi connectivity index (χ0) is 21.5. The molecule has 2 aromatic heterocycles. The molecule has 1 unspecified atom stereocenters. The second kappa shape index (κ2) is 7.62. The van der Waals surface area contributed by atoms with E-state index in [2.05, 4.69) is 29.6 Å². The average Bonchev–Trinajstić information content (AvgIpc) is 3.23. The normalized spacial score (nSPS) is 20.4. The minimum Gasteiger partial charge on any atom is -0.462 e. The van der Waals surface area contributed by atoms with E-state index in [1.165, 1.54) is 7.11 Å². The number of pyridine rings is 1. The van der Waals surface area contributed by atoms with Gasteiger partial charge in [0.25, 0.3) is 0 Å². The third kappa shape index (κ3) is 3.56. The van der Waals surface area contributed by atoms with Gasteiger partial charge in [0.15, 0.2) is 0 Å². The summed E-state index contributed by atoms with van der Waals surface area (Å²) in [5.41, 5.74) is 0.756. The Balaban J connectivity index is 1.59. The van der Waals surface area contributed by atoms with Crippen molar-refractivity contribution in [1.82, 2.24) is 9.97 Å². The number of aromatic nitrogens is 2. The minimum atomic E-state index is -1.21. The van der Waals surface area contributed by atoms with Crippen molar-refractivity contribution in [2.24, 2.45) is 0 Å². The zero-order valence-electron chi connectivity index (χ0n) is 17.9. The molecule has 0 bridgehead atoms. The second-order valence-electron chi connectivity index (χ2n) is 9.10. The highest BCUT2D eigenvalue weighted by Crippen LogP contribution is 2.48. The van der Waals surface area contributed by atoms with Crippen LogP contribution in [0.1, 0.15) is 34.1 Å². The van der Waals surface area contributed by atoms with Crippen LogP contribution in [0.5, 0.6) is 0 Å². The quantitative estimate of drug-likeness (QED) is 0.396. The number of methoxy groups -OCH3 is 1. The molecule has 1 atom stereocenters. The van der Waals surface area contributed by atoms with Crippen LogP contribution in [-0.4, -0.2) is 50.4 Å². The summed E-state index contributed by atoms with van der Waals surface area (Å²) in [6, 6.07) is 4.84. The lowest BCUT2D eigenvalue weighted by molar-refractivity contribution is -0.124. The Labute approximate surface area is 176 Å². The molecule has 2 aromatic rings. The molecule has 2 aliphatic rings. The molecule has 30 heavy (non-hydrogen) atoms. The van der Waals surface area contributed by atoms with Crippen molar-refractivity contribution in [2.45, 2.75) is 50.4 Å². The molecule has 0 saturated heterocycles. The molecule has 4 rings (SSSR count). The third-order valence-electron chi connectivity index (χ3n) is 5.82. The van der Waals surface area contributed by atoms with E-state index in [9.17, 15) is 9.59 Å². The van der Waals surface area contributed by atoms with Crippen LogP contribution >= 0.6 is 0 Å². The molecule has 0 saturated carbocycles. The number of hydrogen-bond acceptors (Lipinski definition) is 7. The summed E-state index contributed by atoms with van der Waals surface area (Å²) in [4.78, 5) is 35.8. The molecule has 9 heteroatoms. The lowest BCUT2D eigenvalue weighted by atomic mass is 9.71. The molecule has 1 aliphatic heterocycles. The van der Waals surface area contributed by atoms with Crippen LogP contribution in [0.4, 0.5) is 5.82 Å². The van der Waals surface area contributed by atoms with Gasteiger partial charge in [-0.2, -0.15) is 0 Å². The molecule has 0 radical (unpaired) electrons. The lowest BCUT2D eigenvalue weighted by Gasteiger charge is -2.31. The van der Waals surface area contributed by atoms with E-state index in [-0.39, 0.29) is 18.5 Å². The fourth-order valence-electron chi connectivity index (χ4n) is 4.11. The number of carbonyl (C=O) groups excluding carboxylic acids is 2. The van der Waals surface area contributed by atoms with Crippen molar-refractivity contribution < 1.29 is 23.5 Å². The highest BCUT2D eigenvalue weighted by Gasteiger charge is 2.54. The van der Waals surface area contributed by atoms with Crippen LogP contribution in [0.2, 0.25) is 25.7 Å². The maximum absolute atomic E-state index is 13.6. The number of amides is 1. The number of anilines is 1. The zero-order valence-corrected chi connectivity index (χ0v) is 18.9. The van der Waals surface area contributed by atoms with E-state index < -0.39 is 19.5 Å². The number of aryl methyl sites for hydroxylation is 1. The molecular weight excluding hydrogens is 402 g/mol. The van der Waals surface area contributed by atoms with E-state index >= 15 is 0 Å². The van der Waals surface area contributed by atoms with Gasteiger partial charge < -0.3 is 13.9 Å². The van der Waals surface area contributed by atoms with Crippen molar-refractivity contribution in [3.05, 3.63) is 41.2 Å². The summed E-state index contributed by atoms with van der Waals surface area (Å²) in [6.45, 7) is 7.70. The van der Waals surface area contributed by atoms with E-state index in [1.807, 2.05) is 12.1 Å². The number of rotatable bonds is 6. The molecule has 160 valence electrons. The van der Waals surface area contributed by atoms with Crippen molar-refractivity contribution in [3.63, 3.8) is 0 Å². The van der Waals surface area contributed by atoms with Crippen molar-refractivity contribution in [1.29, 1.82) is 0 Å². The molecule has 1 spiro atoms. The first-order valence-electron chi connectivity index (χ1n) is 10.2. The average molecular weight is 430 g/mol. The molecule has 0 N–H and O–H groups in total. The van der Waals surface area contributed by atoms with Gasteiger partial charge in [0.1, 0.15) is 18.3 Å². The number of carbonyl (C=O) groups is 2. The number of ether oxygens (including phenoxy) is 2. The molecule has 3 heterocycles. The Morgan fingerprint density at radius 1 is 1.37 bits per heavy atom. The van der Waals surface area contributed by atoms with Gasteiger partial charge in [0.2, 0.25) is 5.91 Å². The van der Waals surface area contributed by atoms with Crippen LogP contribution in [0.15, 0.2) is 22.7 Å².